The number of nitrogens with zero attached hydrogens (tertiary/aromatic N) is 2. The molecule has 1 heterocycles. The van der Waals surface area contributed by atoms with E-state index in [1.807, 2.05) is 37.3 Å². The molecule has 1 aromatic carbocycles. The average molecular weight is 262 g/mol. The molecule has 1 atom stereocenters. The number of hydrogen-bond donors (Lipinski definition) is 1. The molecule has 1 N–H and O–H groups in total. The van der Waals surface area contributed by atoms with Gasteiger partial charge in [0.1, 0.15) is 0 Å². The normalized spacial score (nSPS) is 18.4. The van der Waals surface area contributed by atoms with Crippen LogP contribution in [0.5, 0.6) is 0 Å². The highest BCUT2D eigenvalue weighted by Gasteiger charge is 2.32. The third-order valence-corrected chi connectivity index (χ3v) is 3.42. The van der Waals surface area contributed by atoms with Crippen LogP contribution in [0, 0.1) is 5.92 Å². The monoisotopic (exact) mass is 262 g/mol. The van der Waals surface area contributed by atoms with Crippen LogP contribution in [0.4, 0.5) is 10.5 Å². The fraction of sp³-hybridized carbons (Fsp3) is 0.429. The van der Waals surface area contributed by atoms with Crippen molar-refractivity contribution in [1.29, 1.82) is 0 Å². The zero-order valence-corrected chi connectivity index (χ0v) is 11.0. The first-order chi connectivity index (χ1) is 9.13. The van der Waals surface area contributed by atoms with Gasteiger partial charge < -0.3 is 10.0 Å². The van der Waals surface area contributed by atoms with Crippen LogP contribution in [0.15, 0.2) is 30.3 Å². The Bertz CT molecular complexity index is 461. The first-order valence-corrected chi connectivity index (χ1v) is 6.47. The highest BCUT2D eigenvalue weighted by molar-refractivity contribution is 5.92. The molecular weight excluding hydrogens is 244 g/mol. The molecule has 2 amide bonds. The summed E-state index contributed by atoms with van der Waals surface area (Å²) in [5.74, 6) is -1.25. The number of para-hydroxylation sites is 1. The zero-order chi connectivity index (χ0) is 13.8. The van der Waals surface area contributed by atoms with Crippen molar-refractivity contribution in [2.45, 2.75) is 13.3 Å². The van der Waals surface area contributed by atoms with E-state index in [2.05, 4.69) is 0 Å². The number of amides is 2. The molecule has 5 heteroatoms. The van der Waals surface area contributed by atoms with Crippen LogP contribution in [-0.4, -0.2) is 41.6 Å². The van der Waals surface area contributed by atoms with Crippen LogP contribution in [0.25, 0.3) is 0 Å². The molecule has 1 aliphatic heterocycles. The molecule has 5 nitrogen and oxygen atoms in total. The van der Waals surface area contributed by atoms with Gasteiger partial charge in [-0.25, -0.2) is 4.79 Å². The summed E-state index contributed by atoms with van der Waals surface area (Å²) in [5, 5.41) is 8.97. The first kappa shape index (κ1) is 13.4. The van der Waals surface area contributed by atoms with Crippen molar-refractivity contribution in [1.82, 2.24) is 4.90 Å². The molecule has 1 fully saturated rings. The molecular formula is C14H18N2O3. The minimum atomic E-state index is -0.821. The number of carboxylic acids is 1. The molecule has 1 unspecified atom stereocenters. The Morgan fingerprint density at radius 3 is 2.58 bits per heavy atom. The van der Waals surface area contributed by atoms with Crippen LogP contribution in [-0.2, 0) is 4.79 Å². The van der Waals surface area contributed by atoms with Gasteiger partial charge in [0.05, 0.1) is 5.92 Å². The summed E-state index contributed by atoms with van der Waals surface area (Å²) in [6.07, 6.45) is 0.535. The van der Waals surface area contributed by atoms with Crippen molar-refractivity contribution in [3.63, 3.8) is 0 Å². The second-order valence-corrected chi connectivity index (χ2v) is 4.63. The van der Waals surface area contributed by atoms with E-state index in [-0.39, 0.29) is 6.03 Å². The first-order valence-electron chi connectivity index (χ1n) is 6.47. The Hall–Kier alpha value is -2.04. The van der Waals surface area contributed by atoms with Crippen molar-refractivity contribution >= 4 is 17.7 Å². The summed E-state index contributed by atoms with van der Waals surface area (Å²) in [5.41, 5.74) is 0.841. The van der Waals surface area contributed by atoms with Crippen molar-refractivity contribution < 1.29 is 14.7 Å². The lowest BCUT2D eigenvalue weighted by Crippen LogP contribution is -2.42. The Balaban J connectivity index is 2.08. The number of carbonyl (C=O) groups excluding carboxylic acids is 1. The standard InChI is InChI=1S/C14H18N2O3/c1-2-16(12-6-4-3-5-7-12)14(19)15-9-8-11(10-15)13(17)18/h3-7,11H,2,8-10H2,1H3,(H,17,18). The Morgan fingerprint density at radius 1 is 1.37 bits per heavy atom. The average Bonchev–Trinajstić information content (AvgIpc) is 2.90. The Morgan fingerprint density at radius 2 is 2.05 bits per heavy atom. The number of benzene rings is 1. The van der Waals surface area contributed by atoms with Gasteiger partial charge in [-0.3, -0.25) is 9.69 Å². The van der Waals surface area contributed by atoms with Gasteiger partial charge in [-0.1, -0.05) is 18.2 Å². The molecule has 0 aliphatic carbocycles. The Labute approximate surface area is 112 Å². The number of anilines is 1. The van der Waals surface area contributed by atoms with Gasteiger partial charge in [-0.05, 0) is 25.5 Å². The largest absolute Gasteiger partial charge is 0.481 e. The molecule has 2 rings (SSSR count). The highest BCUT2D eigenvalue weighted by atomic mass is 16.4. The fourth-order valence-corrected chi connectivity index (χ4v) is 2.34. The maximum atomic E-state index is 12.4. The predicted octanol–water partition coefficient (Wildman–Crippen LogP) is 2.04. The van der Waals surface area contributed by atoms with Crippen LogP contribution >= 0.6 is 0 Å². The molecule has 1 aromatic rings. The molecule has 102 valence electrons. The predicted molar refractivity (Wildman–Crippen MR) is 72.2 cm³/mol. The van der Waals surface area contributed by atoms with Crippen molar-refractivity contribution in [3.05, 3.63) is 30.3 Å². The lowest BCUT2D eigenvalue weighted by atomic mass is 10.1. The SMILES string of the molecule is CCN(C(=O)N1CCC(C(=O)O)C1)c1ccccc1. The summed E-state index contributed by atoms with van der Waals surface area (Å²) < 4.78 is 0. The number of rotatable bonds is 3. The smallest absolute Gasteiger partial charge is 0.324 e. The van der Waals surface area contributed by atoms with Gasteiger partial charge >= 0.3 is 12.0 Å². The van der Waals surface area contributed by atoms with Crippen molar-refractivity contribution in [3.8, 4) is 0 Å². The molecule has 1 saturated heterocycles. The van der Waals surface area contributed by atoms with Gasteiger partial charge in [0.2, 0.25) is 0 Å². The van der Waals surface area contributed by atoms with Gasteiger partial charge in [-0.15, -0.1) is 0 Å². The molecule has 0 aromatic heterocycles. The van der Waals surface area contributed by atoms with Crippen LogP contribution < -0.4 is 4.90 Å². The van der Waals surface area contributed by atoms with Crippen LogP contribution in [0.1, 0.15) is 13.3 Å². The number of aliphatic carboxylic acids is 1. The maximum Gasteiger partial charge on any atom is 0.324 e. The minimum absolute atomic E-state index is 0.113. The van der Waals surface area contributed by atoms with E-state index in [0.29, 0.717) is 26.1 Å². The van der Waals surface area contributed by atoms with E-state index in [0.717, 1.165) is 5.69 Å². The molecule has 0 saturated carbocycles. The van der Waals surface area contributed by atoms with Crippen LogP contribution in [0.3, 0.4) is 0 Å². The van der Waals surface area contributed by atoms with Crippen molar-refractivity contribution in [2.75, 3.05) is 24.5 Å². The molecule has 0 spiro atoms. The topological polar surface area (TPSA) is 60.9 Å². The molecule has 0 bridgehead atoms. The molecule has 1 aliphatic rings. The number of carboxylic acid groups (broad SMARTS) is 1. The summed E-state index contributed by atoms with van der Waals surface area (Å²) >= 11 is 0. The Kier molecular flexibility index (Phi) is 4.04. The lowest BCUT2D eigenvalue weighted by Gasteiger charge is -2.27. The number of urea groups is 1. The van der Waals surface area contributed by atoms with Gasteiger partial charge in [0.15, 0.2) is 0 Å². The van der Waals surface area contributed by atoms with E-state index in [9.17, 15) is 9.59 Å². The van der Waals surface area contributed by atoms with Gasteiger partial charge in [-0.2, -0.15) is 0 Å². The highest BCUT2D eigenvalue weighted by Crippen LogP contribution is 2.21. The minimum Gasteiger partial charge on any atom is -0.481 e. The van der Waals surface area contributed by atoms with E-state index >= 15 is 0 Å². The van der Waals surface area contributed by atoms with E-state index < -0.39 is 11.9 Å². The van der Waals surface area contributed by atoms with Crippen molar-refractivity contribution in [2.24, 2.45) is 5.92 Å². The van der Waals surface area contributed by atoms with E-state index in [1.165, 1.54) is 0 Å². The van der Waals surface area contributed by atoms with Gasteiger partial charge in [0.25, 0.3) is 0 Å². The quantitative estimate of drug-likeness (QED) is 0.906. The number of hydrogen-bond acceptors (Lipinski definition) is 2. The van der Waals surface area contributed by atoms with E-state index in [1.54, 1.807) is 9.80 Å². The summed E-state index contributed by atoms with van der Waals surface area (Å²) in [6.45, 7) is 3.30. The van der Waals surface area contributed by atoms with Gasteiger partial charge in [0, 0.05) is 25.3 Å². The number of likely N-dealkylation sites (tertiary alicyclic amines) is 1. The van der Waals surface area contributed by atoms with E-state index in [4.69, 9.17) is 5.11 Å². The lowest BCUT2D eigenvalue weighted by molar-refractivity contribution is -0.141. The third-order valence-electron chi connectivity index (χ3n) is 3.42. The fourth-order valence-electron chi connectivity index (χ4n) is 2.34. The second kappa shape index (κ2) is 5.73. The maximum absolute atomic E-state index is 12.4. The summed E-state index contributed by atoms with van der Waals surface area (Å²) in [7, 11) is 0. The second-order valence-electron chi connectivity index (χ2n) is 4.63. The molecule has 19 heavy (non-hydrogen) atoms. The third kappa shape index (κ3) is 2.86. The molecule has 0 radical (unpaired) electrons. The summed E-state index contributed by atoms with van der Waals surface area (Å²) in [4.78, 5) is 26.6. The zero-order valence-electron chi connectivity index (χ0n) is 11.0. The summed E-state index contributed by atoms with van der Waals surface area (Å²) in [6, 6.07) is 9.32. The number of carbonyl (C=O) groups is 2. The van der Waals surface area contributed by atoms with Crippen LogP contribution in [0.2, 0.25) is 0 Å².